The monoisotopic (exact) mass is 542 g/mol. The molecule has 1 fully saturated rings. The van der Waals surface area contributed by atoms with Crippen molar-refractivity contribution >= 4 is 5.97 Å². The average Bonchev–Trinajstić information content (AvgIpc) is 2.95. The zero-order valence-corrected chi connectivity index (χ0v) is 24.2. The van der Waals surface area contributed by atoms with Crippen LogP contribution in [0, 0.1) is 31.5 Å². The van der Waals surface area contributed by atoms with Crippen molar-refractivity contribution in [2.75, 3.05) is 20.3 Å². The minimum absolute atomic E-state index is 0.0876. The van der Waals surface area contributed by atoms with Crippen LogP contribution >= 0.6 is 0 Å². The van der Waals surface area contributed by atoms with Gasteiger partial charge in [-0.3, -0.25) is 4.79 Å². The van der Waals surface area contributed by atoms with Crippen LogP contribution in [0.15, 0.2) is 54.6 Å². The van der Waals surface area contributed by atoms with Gasteiger partial charge in [0.2, 0.25) is 0 Å². The molecule has 0 radical (unpaired) electrons. The van der Waals surface area contributed by atoms with E-state index in [1.807, 2.05) is 6.07 Å². The summed E-state index contributed by atoms with van der Waals surface area (Å²) in [7, 11) is 1.30. The highest BCUT2D eigenvalue weighted by atomic mass is 19.1. The maximum atomic E-state index is 14.8. The SMILES string of the molecule is CCC(CC)(c1ccc(C#CC2(O)CCOCC2)c(C)c1)c1ccc(-c2ccc(CC(=O)OC)c(F)c2)c(C)c1. The molecule has 0 aliphatic carbocycles. The molecule has 4 rings (SSSR count). The molecule has 5 heteroatoms. The van der Waals surface area contributed by atoms with Crippen LogP contribution in [0.5, 0.6) is 0 Å². The third-order valence-corrected chi connectivity index (χ3v) is 8.44. The minimum atomic E-state index is -0.982. The number of hydrogen-bond donors (Lipinski definition) is 1. The van der Waals surface area contributed by atoms with Crippen molar-refractivity contribution in [3.63, 3.8) is 0 Å². The van der Waals surface area contributed by atoms with E-state index in [2.05, 4.69) is 80.7 Å². The average molecular weight is 543 g/mol. The number of hydrogen-bond acceptors (Lipinski definition) is 4. The Bertz CT molecular complexity index is 1440. The maximum Gasteiger partial charge on any atom is 0.310 e. The van der Waals surface area contributed by atoms with Crippen LogP contribution in [0.4, 0.5) is 4.39 Å². The summed E-state index contributed by atoms with van der Waals surface area (Å²) in [5.41, 5.74) is 6.42. The Morgan fingerprint density at radius 2 is 1.65 bits per heavy atom. The van der Waals surface area contributed by atoms with Gasteiger partial charge in [-0.2, -0.15) is 0 Å². The molecule has 4 nitrogen and oxygen atoms in total. The van der Waals surface area contributed by atoms with Gasteiger partial charge in [0.05, 0.1) is 26.7 Å². The molecule has 3 aromatic carbocycles. The number of aliphatic hydroxyl groups is 1. The van der Waals surface area contributed by atoms with Crippen molar-refractivity contribution in [1.29, 1.82) is 0 Å². The van der Waals surface area contributed by atoms with Gasteiger partial charge in [-0.1, -0.05) is 68.2 Å². The summed E-state index contributed by atoms with van der Waals surface area (Å²) in [6.07, 6.45) is 2.82. The largest absolute Gasteiger partial charge is 0.469 e. The van der Waals surface area contributed by atoms with Crippen LogP contribution < -0.4 is 0 Å². The standard InChI is InChI=1S/C35H39FO4/c1-6-35(7-2,29-11-10-26(24(3)20-29)14-15-34(38)16-18-40-19-17-34)30-12-13-31(25(4)21-30)27-8-9-28(32(36)22-27)23-33(37)39-5/h8-13,20-22,38H,6-7,16-19,23H2,1-5H3. The van der Waals surface area contributed by atoms with E-state index in [9.17, 15) is 14.3 Å². The summed E-state index contributed by atoms with van der Waals surface area (Å²) in [6, 6.07) is 17.9. The van der Waals surface area contributed by atoms with Crippen molar-refractivity contribution in [2.45, 2.75) is 70.8 Å². The van der Waals surface area contributed by atoms with Crippen molar-refractivity contribution in [3.8, 4) is 23.0 Å². The van der Waals surface area contributed by atoms with E-state index in [4.69, 9.17) is 4.74 Å². The van der Waals surface area contributed by atoms with Gasteiger partial charge in [0.1, 0.15) is 11.4 Å². The zero-order chi connectivity index (χ0) is 28.9. The lowest BCUT2D eigenvalue weighted by Crippen LogP contribution is -2.34. The zero-order valence-electron chi connectivity index (χ0n) is 24.2. The Labute approximate surface area is 237 Å². The van der Waals surface area contributed by atoms with E-state index in [-0.39, 0.29) is 11.8 Å². The van der Waals surface area contributed by atoms with E-state index < -0.39 is 17.4 Å². The highest BCUT2D eigenvalue weighted by Crippen LogP contribution is 2.41. The second kappa shape index (κ2) is 12.4. The molecule has 0 bridgehead atoms. The van der Waals surface area contributed by atoms with Crippen molar-refractivity contribution in [3.05, 3.63) is 93.8 Å². The first-order valence-electron chi connectivity index (χ1n) is 14.1. The van der Waals surface area contributed by atoms with E-state index >= 15 is 0 Å². The smallest absolute Gasteiger partial charge is 0.310 e. The molecule has 0 saturated carbocycles. The van der Waals surface area contributed by atoms with Gasteiger partial charge in [0.25, 0.3) is 0 Å². The van der Waals surface area contributed by atoms with Gasteiger partial charge >= 0.3 is 5.97 Å². The van der Waals surface area contributed by atoms with Crippen molar-refractivity contribution in [1.82, 2.24) is 0 Å². The number of benzene rings is 3. The molecule has 210 valence electrons. The summed E-state index contributed by atoms with van der Waals surface area (Å²) in [5.74, 6) is 5.45. The van der Waals surface area contributed by atoms with Crippen LogP contribution in [0.1, 0.15) is 72.9 Å². The lowest BCUT2D eigenvalue weighted by Gasteiger charge is -2.34. The molecular formula is C35H39FO4. The summed E-state index contributed by atoms with van der Waals surface area (Å²) >= 11 is 0. The predicted molar refractivity (Wildman–Crippen MR) is 157 cm³/mol. The lowest BCUT2D eigenvalue weighted by molar-refractivity contribution is -0.139. The Morgan fingerprint density at radius 3 is 2.23 bits per heavy atom. The quantitative estimate of drug-likeness (QED) is 0.263. The van der Waals surface area contributed by atoms with Crippen LogP contribution in [0.2, 0.25) is 0 Å². The van der Waals surface area contributed by atoms with E-state index in [1.165, 1.54) is 24.3 Å². The van der Waals surface area contributed by atoms with Crippen LogP contribution in [0.3, 0.4) is 0 Å². The molecule has 3 aromatic rings. The second-order valence-electron chi connectivity index (χ2n) is 10.8. The number of esters is 1. The van der Waals surface area contributed by atoms with Gasteiger partial charge in [-0.25, -0.2) is 4.39 Å². The number of aryl methyl sites for hydroxylation is 2. The molecule has 40 heavy (non-hydrogen) atoms. The topological polar surface area (TPSA) is 55.8 Å². The minimum Gasteiger partial charge on any atom is -0.469 e. The van der Waals surface area contributed by atoms with Crippen LogP contribution in [-0.2, 0) is 26.1 Å². The molecule has 1 N–H and O–H groups in total. The first-order chi connectivity index (χ1) is 19.1. The predicted octanol–water partition coefficient (Wildman–Crippen LogP) is 6.82. The van der Waals surface area contributed by atoms with Gasteiger partial charge in [-0.05, 0) is 77.8 Å². The first-order valence-corrected chi connectivity index (χ1v) is 14.1. The summed E-state index contributed by atoms with van der Waals surface area (Å²) in [5, 5.41) is 10.7. The molecule has 0 spiro atoms. The summed E-state index contributed by atoms with van der Waals surface area (Å²) in [6.45, 7) is 9.63. The van der Waals surface area contributed by atoms with Crippen molar-refractivity contribution < 1.29 is 23.8 Å². The highest BCUT2D eigenvalue weighted by Gasteiger charge is 2.32. The molecule has 1 saturated heterocycles. The Morgan fingerprint density at radius 1 is 1.00 bits per heavy atom. The van der Waals surface area contributed by atoms with Gasteiger partial charge < -0.3 is 14.6 Å². The van der Waals surface area contributed by atoms with Crippen LogP contribution in [0.25, 0.3) is 11.1 Å². The Hall–Kier alpha value is -3.46. The summed E-state index contributed by atoms with van der Waals surface area (Å²) < 4.78 is 24.8. The normalized spacial score (nSPS) is 14.8. The Balaban J connectivity index is 1.65. The van der Waals surface area contributed by atoms with E-state index in [0.717, 1.165) is 40.7 Å². The molecule has 1 aliphatic heterocycles. The first kappa shape index (κ1) is 29.5. The number of carbonyl (C=O) groups excluding carboxylic acids is 1. The van der Waals surface area contributed by atoms with Gasteiger partial charge in [-0.15, -0.1) is 0 Å². The number of carbonyl (C=O) groups is 1. The molecule has 0 aromatic heterocycles. The molecule has 1 aliphatic rings. The molecule has 1 heterocycles. The van der Waals surface area contributed by atoms with Gasteiger partial charge in [0.15, 0.2) is 0 Å². The second-order valence-corrected chi connectivity index (χ2v) is 10.8. The maximum absolute atomic E-state index is 14.8. The molecule has 0 atom stereocenters. The molecule has 0 amide bonds. The number of halogens is 1. The third kappa shape index (κ3) is 6.14. The summed E-state index contributed by atoms with van der Waals surface area (Å²) in [4.78, 5) is 11.6. The van der Waals surface area contributed by atoms with E-state index in [1.54, 1.807) is 6.07 Å². The molecular weight excluding hydrogens is 503 g/mol. The number of ether oxygens (including phenoxy) is 2. The van der Waals surface area contributed by atoms with Crippen LogP contribution in [-0.4, -0.2) is 37.0 Å². The van der Waals surface area contributed by atoms with Crippen molar-refractivity contribution in [2.24, 2.45) is 0 Å². The fourth-order valence-corrected chi connectivity index (χ4v) is 5.72. The van der Waals surface area contributed by atoms with E-state index in [0.29, 0.717) is 31.6 Å². The lowest BCUT2D eigenvalue weighted by atomic mass is 9.69. The molecule has 0 unspecified atom stereocenters. The van der Waals surface area contributed by atoms with Gasteiger partial charge in [0, 0.05) is 23.8 Å². The highest BCUT2D eigenvalue weighted by molar-refractivity contribution is 5.74. The fourth-order valence-electron chi connectivity index (χ4n) is 5.72. The fraction of sp³-hybridized carbons (Fsp3) is 0.400. The third-order valence-electron chi connectivity index (χ3n) is 8.44. The Kier molecular flexibility index (Phi) is 9.13. The number of methoxy groups -OCH3 is 1. The number of rotatable bonds is 7.